The summed E-state index contributed by atoms with van der Waals surface area (Å²) >= 11 is 0. The highest BCUT2D eigenvalue weighted by molar-refractivity contribution is 6.60. The normalized spacial score (nSPS) is 12.0. The van der Waals surface area contributed by atoms with Gasteiger partial charge in [-0.2, -0.15) is 0 Å². The van der Waals surface area contributed by atoms with Gasteiger partial charge in [-0.05, 0) is 12.8 Å². The quantitative estimate of drug-likeness (QED) is 0.362. The van der Waals surface area contributed by atoms with E-state index in [1.807, 2.05) is 0 Å². The van der Waals surface area contributed by atoms with Gasteiger partial charge in [0.1, 0.15) is 0 Å². The maximum Gasteiger partial charge on any atom is 0.500 e. The Balaban J connectivity index is 3.35. The minimum atomic E-state index is -2.32. The molecule has 0 N–H and O–H groups in total. The lowest BCUT2D eigenvalue weighted by Gasteiger charge is -2.24. The molecule has 0 saturated heterocycles. The van der Waals surface area contributed by atoms with Crippen LogP contribution in [0.4, 0.5) is 0 Å². The molecule has 0 aromatic heterocycles. The summed E-state index contributed by atoms with van der Waals surface area (Å²) < 4.78 is 21.2. The summed E-state index contributed by atoms with van der Waals surface area (Å²) in [6.07, 6.45) is 10.1. The van der Waals surface area contributed by atoms with Gasteiger partial charge in [-0.1, -0.05) is 38.5 Å². The third kappa shape index (κ3) is 9.57. The van der Waals surface area contributed by atoms with Crippen molar-refractivity contribution in [1.29, 1.82) is 0 Å². The van der Waals surface area contributed by atoms with Crippen molar-refractivity contribution in [3.05, 3.63) is 0 Å². The van der Waals surface area contributed by atoms with E-state index in [1.165, 1.54) is 44.9 Å². The molecule has 0 heterocycles. The van der Waals surface area contributed by atoms with Crippen molar-refractivity contribution in [2.45, 2.75) is 57.4 Å². The van der Waals surface area contributed by atoms with Crippen LogP contribution in [0.2, 0.25) is 6.04 Å². The number of methoxy groups -OCH3 is 1. The first-order valence-electron chi connectivity index (χ1n) is 7.39. The van der Waals surface area contributed by atoms with Gasteiger partial charge in [0.05, 0.1) is 0 Å². The molecule has 4 nitrogen and oxygen atoms in total. The predicted molar refractivity (Wildman–Crippen MR) is 80.4 cm³/mol. The molecule has 0 unspecified atom stereocenters. The highest BCUT2D eigenvalue weighted by Crippen LogP contribution is 2.18. The van der Waals surface area contributed by atoms with Crippen molar-refractivity contribution < 1.29 is 18.0 Å². The van der Waals surface area contributed by atoms with E-state index in [1.54, 1.807) is 28.4 Å². The number of hydrogen-bond donors (Lipinski definition) is 0. The Morgan fingerprint density at radius 3 is 1.42 bits per heavy atom. The Labute approximate surface area is 120 Å². The minimum absolute atomic E-state index is 0.901. The van der Waals surface area contributed by atoms with Gasteiger partial charge < -0.3 is 18.0 Å². The van der Waals surface area contributed by atoms with Gasteiger partial charge in [0.15, 0.2) is 0 Å². The van der Waals surface area contributed by atoms with Gasteiger partial charge in [-0.15, -0.1) is 0 Å². The SMILES string of the molecule is COCCCCCCCCCC[Si](OC)(OC)OC. The van der Waals surface area contributed by atoms with E-state index >= 15 is 0 Å². The van der Waals surface area contributed by atoms with Crippen LogP contribution in [0.5, 0.6) is 0 Å². The summed E-state index contributed by atoms with van der Waals surface area (Å²) in [5, 5.41) is 0. The lowest BCUT2D eigenvalue weighted by molar-refractivity contribution is 0.122. The molecule has 0 amide bonds. The maximum atomic E-state index is 5.40. The number of ether oxygens (including phenoxy) is 1. The monoisotopic (exact) mass is 292 g/mol. The molecule has 0 radical (unpaired) electrons. The Morgan fingerprint density at radius 2 is 1.00 bits per heavy atom. The standard InChI is InChI=1S/C14H32O4Si/c1-15-13-11-9-7-5-6-8-10-12-14-19(16-2,17-3)18-4/h5-14H2,1-4H3. The molecule has 0 aromatic rings. The second-order valence-electron chi connectivity index (χ2n) is 4.87. The first-order valence-corrected chi connectivity index (χ1v) is 9.32. The summed E-state index contributed by atoms with van der Waals surface area (Å²) in [5.74, 6) is 0. The van der Waals surface area contributed by atoms with Crippen molar-refractivity contribution in [3.8, 4) is 0 Å². The molecule has 0 aliphatic carbocycles. The van der Waals surface area contributed by atoms with Crippen LogP contribution in [0.3, 0.4) is 0 Å². The molecular weight excluding hydrogens is 260 g/mol. The lowest BCUT2D eigenvalue weighted by Crippen LogP contribution is -2.42. The second kappa shape index (κ2) is 13.1. The van der Waals surface area contributed by atoms with Crippen molar-refractivity contribution in [2.75, 3.05) is 35.0 Å². The van der Waals surface area contributed by atoms with Gasteiger partial charge in [0, 0.05) is 41.1 Å². The highest BCUT2D eigenvalue weighted by Gasteiger charge is 2.36. The molecule has 0 bridgehead atoms. The fourth-order valence-corrected chi connectivity index (χ4v) is 4.00. The fraction of sp³-hybridized carbons (Fsp3) is 1.00. The van der Waals surface area contributed by atoms with Crippen LogP contribution >= 0.6 is 0 Å². The zero-order chi connectivity index (χ0) is 14.4. The van der Waals surface area contributed by atoms with Gasteiger partial charge >= 0.3 is 8.80 Å². The summed E-state index contributed by atoms with van der Waals surface area (Å²) in [4.78, 5) is 0. The van der Waals surface area contributed by atoms with Crippen molar-refractivity contribution in [2.24, 2.45) is 0 Å². The number of unbranched alkanes of at least 4 members (excludes halogenated alkanes) is 7. The molecule has 0 fully saturated rings. The van der Waals surface area contributed by atoms with E-state index in [4.69, 9.17) is 18.0 Å². The van der Waals surface area contributed by atoms with Crippen LogP contribution in [-0.4, -0.2) is 43.9 Å². The molecular formula is C14H32O4Si. The Kier molecular flexibility index (Phi) is 13.1. The van der Waals surface area contributed by atoms with Crippen LogP contribution in [0, 0.1) is 0 Å². The summed E-state index contributed by atoms with van der Waals surface area (Å²) in [5.41, 5.74) is 0. The fourth-order valence-electron chi connectivity index (χ4n) is 2.20. The van der Waals surface area contributed by atoms with E-state index < -0.39 is 8.80 Å². The highest BCUT2D eigenvalue weighted by atomic mass is 28.4. The van der Waals surface area contributed by atoms with Crippen LogP contribution in [0.15, 0.2) is 0 Å². The van der Waals surface area contributed by atoms with Crippen molar-refractivity contribution >= 4 is 8.80 Å². The predicted octanol–water partition coefficient (Wildman–Crippen LogP) is 3.63. The largest absolute Gasteiger partial charge is 0.500 e. The molecule has 0 rings (SSSR count). The minimum Gasteiger partial charge on any atom is -0.385 e. The average Bonchev–Trinajstić information content (AvgIpc) is 2.46. The van der Waals surface area contributed by atoms with E-state index in [0.717, 1.165) is 19.1 Å². The molecule has 0 aliphatic rings. The molecule has 116 valence electrons. The third-order valence-corrected chi connectivity index (χ3v) is 6.35. The molecule has 19 heavy (non-hydrogen) atoms. The molecule has 5 heteroatoms. The Hall–Kier alpha value is 0.0569. The van der Waals surface area contributed by atoms with Gasteiger partial charge in [-0.3, -0.25) is 0 Å². The summed E-state index contributed by atoms with van der Waals surface area (Å²) in [6.45, 7) is 0.901. The number of hydrogen-bond acceptors (Lipinski definition) is 4. The maximum absolute atomic E-state index is 5.40. The molecule has 0 atom stereocenters. The van der Waals surface area contributed by atoms with Crippen LogP contribution < -0.4 is 0 Å². The average molecular weight is 292 g/mol. The van der Waals surface area contributed by atoms with E-state index in [9.17, 15) is 0 Å². The third-order valence-electron chi connectivity index (χ3n) is 3.51. The van der Waals surface area contributed by atoms with Gasteiger partial charge in [-0.25, -0.2) is 0 Å². The van der Waals surface area contributed by atoms with E-state index in [2.05, 4.69) is 0 Å². The Bertz CT molecular complexity index is 178. The first kappa shape index (κ1) is 19.1. The molecule has 0 aliphatic heterocycles. The first-order chi connectivity index (χ1) is 9.24. The summed E-state index contributed by atoms with van der Waals surface area (Å²) in [7, 11) is 4.49. The topological polar surface area (TPSA) is 36.9 Å². The van der Waals surface area contributed by atoms with Crippen molar-refractivity contribution in [3.63, 3.8) is 0 Å². The zero-order valence-corrected chi connectivity index (χ0v) is 14.2. The smallest absolute Gasteiger partial charge is 0.385 e. The molecule has 0 saturated carbocycles. The zero-order valence-electron chi connectivity index (χ0n) is 13.2. The van der Waals surface area contributed by atoms with Gasteiger partial charge in [0.25, 0.3) is 0 Å². The van der Waals surface area contributed by atoms with Crippen LogP contribution in [0.1, 0.15) is 51.4 Å². The summed E-state index contributed by atoms with van der Waals surface area (Å²) in [6, 6.07) is 0.921. The molecule has 0 aromatic carbocycles. The number of rotatable bonds is 14. The Morgan fingerprint density at radius 1 is 0.579 bits per heavy atom. The van der Waals surface area contributed by atoms with Crippen molar-refractivity contribution in [1.82, 2.24) is 0 Å². The lowest BCUT2D eigenvalue weighted by atomic mass is 10.1. The van der Waals surface area contributed by atoms with E-state index in [-0.39, 0.29) is 0 Å². The van der Waals surface area contributed by atoms with Gasteiger partial charge in [0.2, 0.25) is 0 Å². The second-order valence-corrected chi connectivity index (χ2v) is 7.96. The molecule has 0 spiro atoms. The van der Waals surface area contributed by atoms with Crippen LogP contribution in [-0.2, 0) is 18.0 Å². The van der Waals surface area contributed by atoms with Crippen LogP contribution in [0.25, 0.3) is 0 Å². The van der Waals surface area contributed by atoms with E-state index in [0.29, 0.717) is 0 Å².